The van der Waals surface area contributed by atoms with Gasteiger partial charge in [-0.15, -0.1) is 0 Å². The van der Waals surface area contributed by atoms with E-state index in [2.05, 4.69) is 18.8 Å². The van der Waals surface area contributed by atoms with Gasteiger partial charge in [0.1, 0.15) is 5.75 Å². The van der Waals surface area contributed by atoms with Crippen molar-refractivity contribution >= 4 is 5.97 Å². The molecule has 1 aliphatic carbocycles. The molecule has 0 spiro atoms. The van der Waals surface area contributed by atoms with Crippen molar-refractivity contribution in [3.05, 3.63) is 24.0 Å². The zero-order chi connectivity index (χ0) is 15.6. The van der Waals surface area contributed by atoms with Gasteiger partial charge in [0.05, 0.1) is 18.2 Å². The van der Waals surface area contributed by atoms with Crippen LogP contribution >= 0.6 is 0 Å². The number of hydrogen-bond donors (Lipinski definition) is 1. The third-order valence-corrected chi connectivity index (χ3v) is 4.24. The fourth-order valence-electron chi connectivity index (χ4n) is 3.21. The summed E-state index contributed by atoms with van der Waals surface area (Å²) in [5.41, 5.74) is 1.15. The summed E-state index contributed by atoms with van der Waals surface area (Å²) in [4.78, 5) is 15.8. The maximum atomic E-state index is 11.6. The van der Waals surface area contributed by atoms with Crippen LogP contribution < -0.4 is 4.74 Å². The first-order chi connectivity index (χ1) is 9.78. The van der Waals surface area contributed by atoms with Crippen LogP contribution in [0.15, 0.2) is 18.5 Å². The summed E-state index contributed by atoms with van der Waals surface area (Å²) in [5.74, 6) is -0.302. The minimum Gasteiger partial charge on any atom is -0.489 e. The number of aromatic nitrogens is 1. The Hall–Kier alpha value is -1.58. The molecule has 0 aromatic carbocycles. The van der Waals surface area contributed by atoms with Crippen molar-refractivity contribution in [2.75, 3.05) is 0 Å². The van der Waals surface area contributed by atoms with Crippen LogP contribution in [0.1, 0.15) is 58.4 Å². The van der Waals surface area contributed by atoms with Crippen molar-refractivity contribution in [3.8, 4) is 5.75 Å². The van der Waals surface area contributed by atoms with Crippen LogP contribution in [0.4, 0.5) is 0 Å². The zero-order valence-electron chi connectivity index (χ0n) is 13.3. The average molecular weight is 291 g/mol. The van der Waals surface area contributed by atoms with Gasteiger partial charge in [-0.05, 0) is 56.1 Å². The van der Waals surface area contributed by atoms with E-state index < -0.39 is 5.97 Å². The maximum Gasteiger partial charge on any atom is 0.307 e. The second-order valence-corrected chi connectivity index (χ2v) is 7.08. The number of aliphatic carboxylic acids is 1. The molecule has 0 bridgehead atoms. The van der Waals surface area contributed by atoms with Crippen LogP contribution in [-0.2, 0) is 4.79 Å². The van der Waals surface area contributed by atoms with Crippen molar-refractivity contribution < 1.29 is 14.6 Å². The Balaban J connectivity index is 2.29. The van der Waals surface area contributed by atoms with E-state index in [1.54, 1.807) is 12.4 Å². The molecule has 1 aromatic rings. The Morgan fingerprint density at radius 2 is 2.14 bits per heavy atom. The topological polar surface area (TPSA) is 59.4 Å². The van der Waals surface area contributed by atoms with Crippen LogP contribution in [0, 0.1) is 11.3 Å². The Morgan fingerprint density at radius 3 is 2.76 bits per heavy atom. The number of nitrogens with zero attached hydrogens (tertiary/aromatic N) is 1. The van der Waals surface area contributed by atoms with E-state index in [4.69, 9.17) is 4.74 Å². The summed E-state index contributed by atoms with van der Waals surface area (Å²) in [7, 11) is 0. The second-order valence-electron chi connectivity index (χ2n) is 7.08. The van der Waals surface area contributed by atoms with Gasteiger partial charge in [-0.1, -0.05) is 13.8 Å². The lowest BCUT2D eigenvalue weighted by Crippen LogP contribution is -2.33. The van der Waals surface area contributed by atoms with Crippen LogP contribution in [0.2, 0.25) is 0 Å². The summed E-state index contributed by atoms with van der Waals surface area (Å²) in [5, 5.41) is 9.50. The van der Waals surface area contributed by atoms with Gasteiger partial charge in [0.2, 0.25) is 0 Å². The molecule has 0 amide bonds. The molecule has 1 aliphatic rings. The van der Waals surface area contributed by atoms with E-state index in [0.717, 1.165) is 30.6 Å². The van der Waals surface area contributed by atoms with Gasteiger partial charge >= 0.3 is 5.97 Å². The standard InChI is InChI=1S/C17H25NO3/c1-11(2)21-13-7-12(9-18-10-13)15-8-17(3,4)6-5-14(15)16(19)20/h7,9-11,14-15H,5-6,8H2,1-4H3,(H,19,20). The van der Waals surface area contributed by atoms with Gasteiger partial charge in [0.15, 0.2) is 0 Å². The molecule has 21 heavy (non-hydrogen) atoms. The van der Waals surface area contributed by atoms with E-state index in [1.165, 1.54) is 0 Å². The number of carbonyl (C=O) groups is 1. The molecule has 1 heterocycles. The fraction of sp³-hybridized carbons (Fsp3) is 0.647. The Morgan fingerprint density at radius 1 is 1.43 bits per heavy atom. The lowest BCUT2D eigenvalue weighted by Gasteiger charge is -2.39. The molecule has 1 N–H and O–H groups in total. The molecule has 1 fully saturated rings. The zero-order valence-corrected chi connectivity index (χ0v) is 13.3. The van der Waals surface area contributed by atoms with Gasteiger partial charge in [-0.3, -0.25) is 9.78 Å². The molecule has 0 aliphatic heterocycles. The number of rotatable bonds is 4. The van der Waals surface area contributed by atoms with Gasteiger partial charge in [0.25, 0.3) is 0 Å². The monoisotopic (exact) mass is 291 g/mol. The SMILES string of the molecule is CC(C)Oc1cncc(C2CC(C)(C)CCC2C(=O)O)c1. The highest BCUT2D eigenvalue weighted by molar-refractivity contribution is 5.71. The highest BCUT2D eigenvalue weighted by Gasteiger charge is 2.39. The second kappa shape index (κ2) is 6.04. The van der Waals surface area contributed by atoms with Crippen molar-refractivity contribution in [2.45, 2.75) is 59.0 Å². The molecule has 2 unspecified atom stereocenters. The number of carboxylic acids is 1. The Labute approximate surface area is 126 Å². The number of carboxylic acid groups (broad SMARTS) is 1. The minimum atomic E-state index is -0.703. The van der Waals surface area contributed by atoms with E-state index >= 15 is 0 Å². The van der Waals surface area contributed by atoms with Crippen LogP contribution in [0.5, 0.6) is 5.75 Å². The smallest absolute Gasteiger partial charge is 0.307 e. The lowest BCUT2D eigenvalue weighted by atomic mass is 9.65. The van der Waals surface area contributed by atoms with Gasteiger partial charge in [-0.25, -0.2) is 0 Å². The quantitative estimate of drug-likeness (QED) is 0.915. The Kier molecular flexibility index (Phi) is 4.55. The largest absolute Gasteiger partial charge is 0.489 e. The molecule has 4 nitrogen and oxygen atoms in total. The molecule has 0 saturated heterocycles. The van der Waals surface area contributed by atoms with Crippen LogP contribution in [0.3, 0.4) is 0 Å². The molecule has 2 rings (SSSR count). The molecule has 1 saturated carbocycles. The predicted molar refractivity (Wildman–Crippen MR) is 81.5 cm³/mol. The van der Waals surface area contributed by atoms with Gasteiger partial charge in [0, 0.05) is 6.20 Å². The van der Waals surface area contributed by atoms with Gasteiger partial charge in [-0.2, -0.15) is 0 Å². The number of pyridine rings is 1. The van der Waals surface area contributed by atoms with Crippen molar-refractivity contribution in [2.24, 2.45) is 11.3 Å². The van der Waals surface area contributed by atoms with Gasteiger partial charge < -0.3 is 9.84 Å². The highest BCUT2D eigenvalue weighted by Crippen LogP contribution is 2.47. The third kappa shape index (κ3) is 3.96. The molecular formula is C17H25NO3. The molecule has 1 aromatic heterocycles. The summed E-state index contributed by atoms with van der Waals surface area (Å²) in [6.07, 6.45) is 6.11. The summed E-state index contributed by atoms with van der Waals surface area (Å²) in [6.45, 7) is 8.35. The first-order valence-electron chi connectivity index (χ1n) is 7.63. The van der Waals surface area contributed by atoms with Crippen molar-refractivity contribution in [3.63, 3.8) is 0 Å². The minimum absolute atomic E-state index is 0.00876. The van der Waals surface area contributed by atoms with E-state index in [9.17, 15) is 9.90 Å². The van der Waals surface area contributed by atoms with Crippen LogP contribution in [0.25, 0.3) is 0 Å². The molecule has 116 valence electrons. The lowest BCUT2D eigenvalue weighted by molar-refractivity contribution is -0.144. The normalized spacial score (nSPS) is 24.8. The summed E-state index contributed by atoms with van der Waals surface area (Å²) >= 11 is 0. The average Bonchev–Trinajstić information content (AvgIpc) is 2.36. The maximum absolute atomic E-state index is 11.6. The molecule has 0 radical (unpaired) electrons. The summed E-state index contributed by atoms with van der Waals surface area (Å²) in [6, 6.07) is 1.95. The van der Waals surface area contributed by atoms with Crippen molar-refractivity contribution in [1.82, 2.24) is 4.98 Å². The number of ether oxygens (including phenoxy) is 1. The molecular weight excluding hydrogens is 266 g/mol. The number of hydrogen-bond acceptors (Lipinski definition) is 3. The summed E-state index contributed by atoms with van der Waals surface area (Å²) < 4.78 is 5.68. The third-order valence-electron chi connectivity index (χ3n) is 4.24. The first kappa shape index (κ1) is 15.8. The molecule has 2 atom stereocenters. The van der Waals surface area contributed by atoms with E-state index in [-0.39, 0.29) is 23.4 Å². The molecule has 4 heteroatoms. The fourth-order valence-corrected chi connectivity index (χ4v) is 3.21. The first-order valence-corrected chi connectivity index (χ1v) is 7.63. The highest BCUT2D eigenvalue weighted by atomic mass is 16.5. The Bertz CT molecular complexity index is 511. The van der Waals surface area contributed by atoms with Crippen LogP contribution in [-0.4, -0.2) is 22.2 Å². The van der Waals surface area contributed by atoms with Crippen molar-refractivity contribution in [1.29, 1.82) is 0 Å². The predicted octanol–water partition coefficient (Wildman–Crippen LogP) is 3.86. The van der Waals surface area contributed by atoms with E-state index in [0.29, 0.717) is 0 Å². The van der Waals surface area contributed by atoms with E-state index in [1.807, 2.05) is 19.9 Å².